The Hall–Kier alpha value is 0.230. The van der Waals surface area contributed by atoms with E-state index in [1.54, 1.807) is 0 Å². The van der Waals surface area contributed by atoms with Gasteiger partial charge in [-0.2, -0.15) is 11.8 Å². The number of nitrogens with zero attached hydrogens (tertiary/aromatic N) is 2. The Balaban J connectivity index is 1.80. The van der Waals surface area contributed by atoms with Crippen molar-refractivity contribution in [3.05, 3.63) is 0 Å². The lowest BCUT2D eigenvalue weighted by Crippen LogP contribution is -2.62. The van der Waals surface area contributed by atoms with Crippen molar-refractivity contribution >= 4 is 11.8 Å². The lowest BCUT2D eigenvalue weighted by Gasteiger charge is -2.50. The molecule has 3 aliphatic heterocycles. The number of hydrogen-bond donors (Lipinski definition) is 1. The SMILES string of the molecule is CC1SCCCC1(CN)N1CCC2CCC(C1)N2C. The van der Waals surface area contributed by atoms with Crippen LogP contribution in [0.3, 0.4) is 0 Å². The Labute approximate surface area is 122 Å². The first-order valence-corrected chi connectivity index (χ1v) is 9.01. The number of thioether (sulfide) groups is 1. The van der Waals surface area contributed by atoms with E-state index in [2.05, 4.69) is 35.5 Å². The molecule has 110 valence electrons. The van der Waals surface area contributed by atoms with Crippen LogP contribution in [-0.4, -0.2) is 65.1 Å². The first-order chi connectivity index (χ1) is 9.17. The van der Waals surface area contributed by atoms with Crippen molar-refractivity contribution in [2.45, 2.75) is 61.9 Å². The molecular formula is C15H29N3S. The highest BCUT2D eigenvalue weighted by Gasteiger charge is 2.46. The molecule has 3 rings (SSSR count). The second-order valence-electron chi connectivity index (χ2n) is 6.71. The van der Waals surface area contributed by atoms with Crippen LogP contribution in [0, 0.1) is 0 Å². The van der Waals surface area contributed by atoms with Gasteiger partial charge in [0, 0.05) is 42.5 Å². The topological polar surface area (TPSA) is 32.5 Å². The number of fused-ring (bicyclic) bond motifs is 2. The zero-order chi connectivity index (χ0) is 13.5. The molecule has 2 N–H and O–H groups in total. The standard InChI is InChI=1S/C15H29N3S/c1-12-15(11-16,7-3-9-19-12)18-8-6-13-4-5-14(10-18)17(13)2/h12-14H,3-11,16H2,1-2H3. The van der Waals surface area contributed by atoms with Crippen LogP contribution in [-0.2, 0) is 0 Å². The van der Waals surface area contributed by atoms with Gasteiger partial charge < -0.3 is 5.73 Å². The van der Waals surface area contributed by atoms with E-state index >= 15 is 0 Å². The van der Waals surface area contributed by atoms with Gasteiger partial charge in [-0.3, -0.25) is 9.80 Å². The van der Waals surface area contributed by atoms with E-state index in [0.717, 1.165) is 18.6 Å². The fourth-order valence-electron chi connectivity index (χ4n) is 4.52. The Morgan fingerprint density at radius 1 is 1.26 bits per heavy atom. The average Bonchev–Trinajstić information content (AvgIpc) is 2.65. The number of hydrogen-bond acceptors (Lipinski definition) is 4. The number of rotatable bonds is 2. The van der Waals surface area contributed by atoms with Gasteiger partial charge in [-0.05, 0) is 44.9 Å². The number of likely N-dealkylation sites (tertiary alicyclic amines) is 1. The predicted molar refractivity (Wildman–Crippen MR) is 83.7 cm³/mol. The van der Waals surface area contributed by atoms with Crippen molar-refractivity contribution < 1.29 is 0 Å². The van der Waals surface area contributed by atoms with Gasteiger partial charge in [0.25, 0.3) is 0 Å². The first kappa shape index (κ1) is 14.2. The molecule has 4 unspecified atom stereocenters. The van der Waals surface area contributed by atoms with Crippen LogP contribution in [0.2, 0.25) is 0 Å². The van der Waals surface area contributed by atoms with E-state index in [0.29, 0.717) is 5.25 Å². The summed E-state index contributed by atoms with van der Waals surface area (Å²) in [5.74, 6) is 1.32. The van der Waals surface area contributed by atoms with Crippen LogP contribution in [0.4, 0.5) is 0 Å². The molecule has 3 saturated heterocycles. The lowest BCUT2D eigenvalue weighted by atomic mass is 9.86. The summed E-state index contributed by atoms with van der Waals surface area (Å²) in [5, 5.41) is 0.688. The van der Waals surface area contributed by atoms with E-state index < -0.39 is 0 Å². The fourth-order valence-corrected chi connectivity index (χ4v) is 5.86. The molecule has 3 aliphatic rings. The highest BCUT2D eigenvalue weighted by molar-refractivity contribution is 8.00. The van der Waals surface area contributed by atoms with Gasteiger partial charge in [-0.25, -0.2) is 0 Å². The molecule has 3 fully saturated rings. The monoisotopic (exact) mass is 283 g/mol. The second kappa shape index (κ2) is 5.55. The maximum Gasteiger partial charge on any atom is 0.0448 e. The number of nitrogens with two attached hydrogens (primary N) is 1. The minimum Gasteiger partial charge on any atom is -0.329 e. The van der Waals surface area contributed by atoms with Crippen LogP contribution in [0.25, 0.3) is 0 Å². The quantitative estimate of drug-likeness (QED) is 0.837. The third kappa shape index (κ3) is 2.35. The summed E-state index contributed by atoms with van der Waals surface area (Å²) in [6.07, 6.45) is 6.78. The summed E-state index contributed by atoms with van der Waals surface area (Å²) < 4.78 is 0. The Morgan fingerprint density at radius 2 is 2.05 bits per heavy atom. The zero-order valence-corrected chi connectivity index (χ0v) is 13.3. The minimum absolute atomic E-state index is 0.272. The second-order valence-corrected chi connectivity index (χ2v) is 8.16. The van der Waals surface area contributed by atoms with E-state index in [9.17, 15) is 0 Å². The summed E-state index contributed by atoms with van der Waals surface area (Å²) in [6, 6.07) is 1.60. The molecular weight excluding hydrogens is 254 g/mol. The summed E-state index contributed by atoms with van der Waals surface area (Å²) in [5.41, 5.74) is 6.55. The van der Waals surface area contributed by atoms with Crippen LogP contribution in [0.1, 0.15) is 39.0 Å². The minimum atomic E-state index is 0.272. The molecule has 0 aliphatic carbocycles. The maximum atomic E-state index is 6.27. The van der Waals surface area contributed by atoms with Crippen molar-refractivity contribution in [2.75, 3.05) is 32.4 Å². The molecule has 0 aromatic rings. The van der Waals surface area contributed by atoms with Crippen molar-refractivity contribution in [2.24, 2.45) is 5.73 Å². The molecule has 0 aromatic carbocycles. The molecule has 0 saturated carbocycles. The van der Waals surface area contributed by atoms with Crippen LogP contribution >= 0.6 is 11.8 Å². The van der Waals surface area contributed by atoms with Gasteiger partial charge in [0.15, 0.2) is 0 Å². The average molecular weight is 283 g/mol. The van der Waals surface area contributed by atoms with E-state index in [1.165, 1.54) is 50.9 Å². The van der Waals surface area contributed by atoms with Gasteiger partial charge in [0.1, 0.15) is 0 Å². The maximum absolute atomic E-state index is 6.27. The first-order valence-electron chi connectivity index (χ1n) is 7.96. The molecule has 4 heteroatoms. The smallest absolute Gasteiger partial charge is 0.0448 e. The molecule has 19 heavy (non-hydrogen) atoms. The Kier molecular flexibility index (Phi) is 4.14. The van der Waals surface area contributed by atoms with E-state index in [4.69, 9.17) is 5.73 Å². The van der Waals surface area contributed by atoms with Crippen molar-refractivity contribution in [3.8, 4) is 0 Å². The molecule has 0 spiro atoms. The van der Waals surface area contributed by atoms with E-state index in [1.807, 2.05) is 0 Å². The molecule has 3 heterocycles. The molecule has 3 nitrogen and oxygen atoms in total. The molecule has 0 aromatic heterocycles. The third-order valence-electron chi connectivity index (χ3n) is 6.01. The summed E-state index contributed by atoms with van der Waals surface area (Å²) in [7, 11) is 2.33. The predicted octanol–water partition coefficient (Wildman–Crippen LogP) is 1.77. The normalized spacial score (nSPS) is 45.3. The lowest BCUT2D eigenvalue weighted by molar-refractivity contribution is 0.0717. The van der Waals surface area contributed by atoms with Crippen molar-refractivity contribution in [3.63, 3.8) is 0 Å². The van der Waals surface area contributed by atoms with Crippen LogP contribution in [0.5, 0.6) is 0 Å². The van der Waals surface area contributed by atoms with Gasteiger partial charge >= 0.3 is 0 Å². The highest BCUT2D eigenvalue weighted by atomic mass is 32.2. The van der Waals surface area contributed by atoms with Crippen molar-refractivity contribution in [1.82, 2.24) is 9.80 Å². The number of likely N-dealkylation sites (N-methyl/N-ethyl adjacent to an activating group) is 1. The fraction of sp³-hybridized carbons (Fsp3) is 1.00. The Bertz CT molecular complexity index is 325. The summed E-state index contributed by atoms with van der Waals surface area (Å²) in [4.78, 5) is 5.43. The molecule has 4 atom stereocenters. The Morgan fingerprint density at radius 3 is 2.79 bits per heavy atom. The highest BCUT2D eigenvalue weighted by Crippen LogP contribution is 2.40. The third-order valence-corrected chi connectivity index (χ3v) is 7.47. The van der Waals surface area contributed by atoms with Crippen LogP contribution < -0.4 is 5.73 Å². The zero-order valence-electron chi connectivity index (χ0n) is 12.5. The van der Waals surface area contributed by atoms with Gasteiger partial charge in [0.05, 0.1) is 0 Å². The van der Waals surface area contributed by atoms with Crippen LogP contribution in [0.15, 0.2) is 0 Å². The van der Waals surface area contributed by atoms with Crippen molar-refractivity contribution in [1.29, 1.82) is 0 Å². The van der Waals surface area contributed by atoms with E-state index in [-0.39, 0.29) is 5.54 Å². The summed E-state index contributed by atoms with van der Waals surface area (Å²) >= 11 is 2.14. The summed E-state index contributed by atoms with van der Waals surface area (Å²) in [6.45, 7) is 5.74. The molecule has 2 bridgehead atoms. The molecule has 0 amide bonds. The van der Waals surface area contributed by atoms with Gasteiger partial charge in [-0.1, -0.05) is 6.92 Å². The van der Waals surface area contributed by atoms with Gasteiger partial charge in [-0.15, -0.1) is 0 Å². The largest absolute Gasteiger partial charge is 0.329 e. The van der Waals surface area contributed by atoms with Gasteiger partial charge in [0.2, 0.25) is 0 Å². The molecule has 0 radical (unpaired) electrons.